The maximum absolute atomic E-state index is 12.9. The fraction of sp³-hybridized carbons (Fsp3) is 0.182. The van der Waals surface area contributed by atoms with E-state index < -0.39 is 11.9 Å². The van der Waals surface area contributed by atoms with E-state index >= 15 is 0 Å². The van der Waals surface area contributed by atoms with Crippen LogP contribution in [0, 0.1) is 5.92 Å². The molecule has 1 N–H and O–H groups in total. The first kappa shape index (κ1) is 19.8. The van der Waals surface area contributed by atoms with E-state index in [1.165, 1.54) is 6.08 Å². The van der Waals surface area contributed by atoms with Crippen molar-refractivity contribution in [1.29, 1.82) is 0 Å². The third-order valence-electron chi connectivity index (χ3n) is 4.84. The molecule has 0 fully saturated rings. The number of nitrogens with zero attached hydrogens (tertiary/aromatic N) is 2. The largest absolute Gasteiger partial charge is 0.497 e. The highest BCUT2D eigenvalue weighted by atomic mass is 32.1. The van der Waals surface area contributed by atoms with E-state index in [4.69, 9.17) is 4.74 Å². The summed E-state index contributed by atoms with van der Waals surface area (Å²) in [4.78, 5) is 44.0. The summed E-state index contributed by atoms with van der Waals surface area (Å²) in [5.74, 6) is -0.608. The lowest BCUT2D eigenvalue weighted by atomic mass is 9.91. The van der Waals surface area contributed by atoms with Gasteiger partial charge in [-0.3, -0.25) is 14.5 Å². The van der Waals surface area contributed by atoms with Crippen molar-refractivity contribution < 1.29 is 19.1 Å². The molecular formula is C22H19N3O4S. The topological polar surface area (TPSA) is 88.1 Å². The van der Waals surface area contributed by atoms with Crippen LogP contribution < -0.4 is 10.1 Å². The third kappa shape index (κ3) is 4.08. The molecule has 2 aromatic rings. The first-order valence-corrected chi connectivity index (χ1v) is 10.2. The summed E-state index contributed by atoms with van der Waals surface area (Å²) in [5.41, 5.74) is 1.45. The molecule has 4 rings (SSSR count). The van der Waals surface area contributed by atoms with Crippen molar-refractivity contribution in [2.24, 2.45) is 10.9 Å². The number of amides is 4. The van der Waals surface area contributed by atoms with Crippen LogP contribution in [-0.4, -0.2) is 35.6 Å². The van der Waals surface area contributed by atoms with Gasteiger partial charge in [-0.1, -0.05) is 30.4 Å². The molecule has 1 aromatic carbocycles. The molecule has 0 saturated heterocycles. The summed E-state index contributed by atoms with van der Waals surface area (Å²) < 4.78 is 5.12. The summed E-state index contributed by atoms with van der Waals surface area (Å²) in [6.07, 6.45) is 4.73. The van der Waals surface area contributed by atoms with E-state index in [1.807, 2.05) is 17.5 Å². The molecule has 0 radical (unpaired) electrons. The van der Waals surface area contributed by atoms with Gasteiger partial charge in [-0.15, -0.1) is 11.3 Å². The summed E-state index contributed by atoms with van der Waals surface area (Å²) in [6.45, 7) is 0.547. The van der Waals surface area contributed by atoms with Gasteiger partial charge >= 0.3 is 6.03 Å². The number of hydrogen-bond acceptors (Lipinski definition) is 5. The first-order valence-electron chi connectivity index (χ1n) is 9.32. The molecule has 7 nitrogen and oxygen atoms in total. The number of imide groups is 1. The van der Waals surface area contributed by atoms with Gasteiger partial charge in [-0.05, 0) is 35.2 Å². The molecular weight excluding hydrogens is 402 g/mol. The van der Waals surface area contributed by atoms with E-state index in [0.717, 1.165) is 15.3 Å². The van der Waals surface area contributed by atoms with Gasteiger partial charge in [-0.2, -0.15) is 4.99 Å². The molecule has 4 amide bonds. The van der Waals surface area contributed by atoms with Crippen LogP contribution in [0.2, 0.25) is 0 Å². The molecule has 0 bridgehead atoms. The highest BCUT2D eigenvalue weighted by Crippen LogP contribution is 2.24. The molecule has 2 heterocycles. The van der Waals surface area contributed by atoms with Crippen LogP contribution in [0.4, 0.5) is 4.79 Å². The predicted octanol–water partition coefficient (Wildman–Crippen LogP) is 3.09. The van der Waals surface area contributed by atoms with E-state index in [-0.39, 0.29) is 18.4 Å². The minimum Gasteiger partial charge on any atom is -0.497 e. The molecule has 1 aliphatic carbocycles. The van der Waals surface area contributed by atoms with Crippen LogP contribution in [0.5, 0.6) is 5.75 Å². The number of benzene rings is 1. The Balaban J connectivity index is 1.47. The number of allylic oxidation sites excluding steroid dienone is 1. The smallest absolute Gasteiger partial charge is 0.350 e. The Hall–Kier alpha value is -3.52. The Morgan fingerprint density at radius 3 is 2.73 bits per heavy atom. The number of hydrogen-bond donors (Lipinski definition) is 1. The summed E-state index contributed by atoms with van der Waals surface area (Å²) >= 11 is 1.56. The van der Waals surface area contributed by atoms with Gasteiger partial charge in [0.05, 0.1) is 31.8 Å². The lowest BCUT2D eigenvalue weighted by Gasteiger charge is -2.29. The summed E-state index contributed by atoms with van der Waals surface area (Å²) in [5, 5.41) is 4.77. The lowest BCUT2D eigenvalue weighted by molar-refractivity contribution is -0.130. The van der Waals surface area contributed by atoms with Crippen LogP contribution in [0.25, 0.3) is 0 Å². The SMILES string of the molecule is COc1ccc(CN2C(=O)N=C3C=C(C(=O)NCc4cccs4)C=CC3C2=O)cc1. The van der Waals surface area contributed by atoms with Crippen LogP contribution >= 0.6 is 11.3 Å². The number of nitrogens with one attached hydrogen (secondary N) is 1. The zero-order valence-corrected chi connectivity index (χ0v) is 17.0. The number of carbonyl (C=O) groups excluding carboxylic acids is 3. The average molecular weight is 421 g/mol. The molecule has 152 valence electrons. The van der Waals surface area contributed by atoms with Gasteiger partial charge in [0.2, 0.25) is 5.91 Å². The second kappa shape index (κ2) is 8.46. The van der Waals surface area contributed by atoms with Crippen molar-refractivity contribution in [2.45, 2.75) is 13.1 Å². The second-order valence-electron chi connectivity index (χ2n) is 6.79. The molecule has 1 atom stereocenters. The number of carbonyl (C=O) groups is 3. The molecule has 0 spiro atoms. The standard InChI is InChI=1S/C22H19N3O4S/c1-29-16-7-4-14(5-8-16)13-25-21(27)18-9-6-15(11-19(18)24-22(25)28)20(26)23-12-17-3-2-10-30-17/h2-11,18H,12-13H2,1H3,(H,23,26). The number of aliphatic imine (C=N–C) groups is 1. The summed E-state index contributed by atoms with van der Waals surface area (Å²) in [7, 11) is 1.57. The van der Waals surface area contributed by atoms with Gasteiger partial charge in [0, 0.05) is 10.5 Å². The van der Waals surface area contributed by atoms with Crippen LogP contribution in [0.15, 0.2) is 70.6 Å². The number of rotatable bonds is 6. The zero-order chi connectivity index (χ0) is 21.1. The van der Waals surface area contributed by atoms with Gasteiger partial charge in [-0.25, -0.2) is 4.79 Å². The highest BCUT2D eigenvalue weighted by Gasteiger charge is 2.36. The Morgan fingerprint density at radius 2 is 2.03 bits per heavy atom. The maximum Gasteiger partial charge on any atom is 0.350 e. The fourth-order valence-corrected chi connectivity index (χ4v) is 3.87. The Morgan fingerprint density at radius 1 is 1.23 bits per heavy atom. The molecule has 8 heteroatoms. The monoisotopic (exact) mass is 421 g/mol. The number of urea groups is 1. The van der Waals surface area contributed by atoms with Crippen molar-refractivity contribution in [3.05, 3.63) is 76.0 Å². The van der Waals surface area contributed by atoms with Crippen LogP contribution in [0.3, 0.4) is 0 Å². The van der Waals surface area contributed by atoms with E-state index in [2.05, 4.69) is 10.3 Å². The minimum atomic E-state index is -0.671. The average Bonchev–Trinajstić information content (AvgIpc) is 3.28. The Bertz CT molecular complexity index is 1070. The quantitative estimate of drug-likeness (QED) is 0.776. The van der Waals surface area contributed by atoms with Crippen molar-refractivity contribution >= 4 is 34.9 Å². The lowest BCUT2D eigenvalue weighted by Crippen LogP contribution is -2.46. The first-order chi connectivity index (χ1) is 14.5. The van der Waals surface area contributed by atoms with E-state index in [0.29, 0.717) is 23.6 Å². The summed E-state index contributed by atoms with van der Waals surface area (Å²) in [6, 6.07) is 10.4. The zero-order valence-electron chi connectivity index (χ0n) is 16.2. The Kier molecular flexibility index (Phi) is 5.58. The molecule has 0 saturated carbocycles. The fourth-order valence-electron chi connectivity index (χ4n) is 3.22. The molecule has 1 unspecified atom stereocenters. The molecule has 2 aliphatic rings. The highest BCUT2D eigenvalue weighted by molar-refractivity contribution is 7.09. The van der Waals surface area contributed by atoms with E-state index in [9.17, 15) is 14.4 Å². The number of ether oxygens (including phenoxy) is 1. The molecule has 30 heavy (non-hydrogen) atoms. The van der Waals surface area contributed by atoms with Crippen molar-refractivity contribution in [3.63, 3.8) is 0 Å². The number of methoxy groups -OCH3 is 1. The van der Waals surface area contributed by atoms with Gasteiger partial charge in [0.1, 0.15) is 5.75 Å². The van der Waals surface area contributed by atoms with Crippen molar-refractivity contribution in [1.82, 2.24) is 10.2 Å². The second-order valence-corrected chi connectivity index (χ2v) is 7.82. The van der Waals surface area contributed by atoms with Crippen molar-refractivity contribution in [3.8, 4) is 5.75 Å². The molecule has 1 aliphatic heterocycles. The predicted molar refractivity (Wildman–Crippen MR) is 113 cm³/mol. The van der Waals surface area contributed by atoms with E-state index in [1.54, 1.807) is 54.9 Å². The minimum absolute atomic E-state index is 0.126. The van der Waals surface area contributed by atoms with Gasteiger partial charge < -0.3 is 10.1 Å². The third-order valence-corrected chi connectivity index (χ3v) is 5.72. The van der Waals surface area contributed by atoms with Crippen LogP contribution in [0.1, 0.15) is 10.4 Å². The van der Waals surface area contributed by atoms with Gasteiger partial charge in [0.15, 0.2) is 0 Å². The molecule has 1 aromatic heterocycles. The Labute approximate surface area is 177 Å². The van der Waals surface area contributed by atoms with Gasteiger partial charge in [0.25, 0.3) is 5.91 Å². The normalized spacial score (nSPS) is 17.9. The number of fused-ring (bicyclic) bond motifs is 1. The number of thiophene rings is 1. The maximum atomic E-state index is 12.9. The van der Waals surface area contributed by atoms with Crippen molar-refractivity contribution in [2.75, 3.05) is 7.11 Å². The van der Waals surface area contributed by atoms with Crippen LogP contribution in [-0.2, 0) is 22.7 Å².